The molecule has 0 saturated carbocycles. The van der Waals surface area contributed by atoms with Gasteiger partial charge in [0, 0.05) is 37.6 Å². The van der Waals surface area contributed by atoms with Gasteiger partial charge in [-0.2, -0.15) is 13.2 Å². The molecule has 0 N–H and O–H groups in total. The number of para-hydroxylation sites is 1. The van der Waals surface area contributed by atoms with Crippen molar-refractivity contribution in [1.29, 1.82) is 0 Å². The topological polar surface area (TPSA) is 6.48 Å². The summed E-state index contributed by atoms with van der Waals surface area (Å²) in [7, 11) is 0. The standard InChI is InChI=1S/C17H17F3N2/c18-17(19,20)14-5-4-8-16(13-14)22-11-9-21(10-12-22)15-6-2-1-3-7-15/h1-8,13H,9-12H2. The highest BCUT2D eigenvalue weighted by Gasteiger charge is 2.31. The SMILES string of the molecule is FC(F)(F)c1cccc(N2CCN(c3ccccc3)CC2)c1. The first-order valence-corrected chi connectivity index (χ1v) is 7.26. The molecule has 0 aliphatic carbocycles. The predicted molar refractivity (Wildman–Crippen MR) is 82.3 cm³/mol. The van der Waals surface area contributed by atoms with Crippen LogP contribution in [0.3, 0.4) is 0 Å². The molecule has 0 spiro atoms. The van der Waals surface area contributed by atoms with Gasteiger partial charge < -0.3 is 9.80 Å². The van der Waals surface area contributed by atoms with E-state index in [1.165, 1.54) is 12.1 Å². The summed E-state index contributed by atoms with van der Waals surface area (Å²) in [5.74, 6) is 0. The van der Waals surface area contributed by atoms with Gasteiger partial charge in [0.05, 0.1) is 5.56 Å². The number of nitrogens with zero attached hydrogens (tertiary/aromatic N) is 2. The number of benzene rings is 2. The van der Waals surface area contributed by atoms with E-state index in [1.807, 2.05) is 23.1 Å². The van der Waals surface area contributed by atoms with Crippen LogP contribution >= 0.6 is 0 Å². The summed E-state index contributed by atoms with van der Waals surface area (Å²) in [4.78, 5) is 4.26. The molecule has 2 aromatic rings. The fraction of sp³-hybridized carbons (Fsp3) is 0.294. The summed E-state index contributed by atoms with van der Waals surface area (Å²) < 4.78 is 38.4. The molecule has 0 amide bonds. The second-order valence-electron chi connectivity index (χ2n) is 5.36. The largest absolute Gasteiger partial charge is 0.416 e. The number of alkyl halides is 3. The highest BCUT2D eigenvalue weighted by molar-refractivity contribution is 5.53. The molecular weight excluding hydrogens is 289 g/mol. The van der Waals surface area contributed by atoms with Crippen LogP contribution in [0.5, 0.6) is 0 Å². The maximum Gasteiger partial charge on any atom is 0.416 e. The molecule has 2 aromatic carbocycles. The fourth-order valence-corrected chi connectivity index (χ4v) is 2.74. The third-order valence-corrected chi connectivity index (χ3v) is 3.94. The van der Waals surface area contributed by atoms with Crippen molar-refractivity contribution in [3.63, 3.8) is 0 Å². The summed E-state index contributed by atoms with van der Waals surface area (Å²) in [6, 6.07) is 15.6. The number of piperazine rings is 1. The van der Waals surface area contributed by atoms with Crippen molar-refractivity contribution < 1.29 is 13.2 Å². The van der Waals surface area contributed by atoms with E-state index in [0.717, 1.165) is 37.9 Å². The predicted octanol–water partition coefficient (Wildman–Crippen LogP) is 4.03. The molecule has 1 heterocycles. The minimum atomic E-state index is -4.29. The molecule has 116 valence electrons. The van der Waals surface area contributed by atoms with Crippen molar-refractivity contribution in [3.8, 4) is 0 Å². The van der Waals surface area contributed by atoms with Crippen LogP contribution in [0.25, 0.3) is 0 Å². The van der Waals surface area contributed by atoms with E-state index in [4.69, 9.17) is 0 Å². The Balaban J connectivity index is 1.69. The quantitative estimate of drug-likeness (QED) is 0.826. The second-order valence-corrected chi connectivity index (χ2v) is 5.36. The van der Waals surface area contributed by atoms with Gasteiger partial charge in [-0.3, -0.25) is 0 Å². The summed E-state index contributed by atoms with van der Waals surface area (Å²) >= 11 is 0. The lowest BCUT2D eigenvalue weighted by atomic mass is 10.1. The number of rotatable bonds is 2. The molecule has 1 aliphatic rings. The van der Waals surface area contributed by atoms with Gasteiger partial charge in [-0.05, 0) is 30.3 Å². The number of hydrogen-bond acceptors (Lipinski definition) is 2. The lowest BCUT2D eigenvalue weighted by molar-refractivity contribution is -0.137. The average Bonchev–Trinajstić information content (AvgIpc) is 2.55. The zero-order valence-electron chi connectivity index (χ0n) is 12.1. The zero-order chi connectivity index (χ0) is 15.6. The summed E-state index contributed by atoms with van der Waals surface area (Å²) in [6.45, 7) is 3.05. The molecule has 1 fully saturated rings. The van der Waals surface area contributed by atoms with E-state index in [0.29, 0.717) is 5.69 Å². The Morgan fingerprint density at radius 1 is 0.682 bits per heavy atom. The van der Waals surface area contributed by atoms with Crippen LogP contribution < -0.4 is 9.80 Å². The van der Waals surface area contributed by atoms with E-state index < -0.39 is 11.7 Å². The van der Waals surface area contributed by atoms with Crippen LogP contribution in [0.4, 0.5) is 24.5 Å². The molecule has 1 aliphatic heterocycles. The number of hydrogen-bond donors (Lipinski definition) is 0. The number of anilines is 2. The van der Waals surface area contributed by atoms with Crippen LogP contribution in [0, 0.1) is 0 Å². The second kappa shape index (κ2) is 5.91. The van der Waals surface area contributed by atoms with E-state index in [9.17, 15) is 13.2 Å². The van der Waals surface area contributed by atoms with Crippen molar-refractivity contribution in [1.82, 2.24) is 0 Å². The minimum Gasteiger partial charge on any atom is -0.368 e. The Morgan fingerprint density at radius 2 is 1.23 bits per heavy atom. The van der Waals surface area contributed by atoms with Crippen molar-refractivity contribution in [2.45, 2.75) is 6.18 Å². The van der Waals surface area contributed by atoms with Crippen LogP contribution in [0.15, 0.2) is 54.6 Å². The Bertz CT molecular complexity index is 617. The summed E-state index contributed by atoms with van der Waals surface area (Å²) in [5.41, 5.74) is 1.21. The third-order valence-electron chi connectivity index (χ3n) is 3.94. The van der Waals surface area contributed by atoms with Crippen LogP contribution in [0.2, 0.25) is 0 Å². The smallest absolute Gasteiger partial charge is 0.368 e. The molecule has 0 bridgehead atoms. The molecule has 22 heavy (non-hydrogen) atoms. The first-order valence-electron chi connectivity index (χ1n) is 7.26. The maximum absolute atomic E-state index is 12.8. The number of halogens is 3. The van der Waals surface area contributed by atoms with Gasteiger partial charge in [-0.15, -0.1) is 0 Å². The van der Waals surface area contributed by atoms with Gasteiger partial charge in [-0.1, -0.05) is 24.3 Å². The fourth-order valence-electron chi connectivity index (χ4n) is 2.74. The van der Waals surface area contributed by atoms with Crippen LogP contribution in [0.1, 0.15) is 5.56 Å². The van der Waals surface area contributed by atoms with E-state index in [2.05, 4.69) is 17.0 Å². The van der Waals surface area contributed by atoms with Crippen molar-refractivity contribution in [3.05, 3.63) is 60.2 Å². The van der Waals surface area contributed by atoms with E-state index in [1.54, 1.807) is 6.07 Å². The van der Waals surface area contributed by atoms with Gasteiger partial charge in [0.25, 0.3) is 0 Å². The molecule has 3 rings (SSSR count). The lowest BCUT2D eigenvalue weighted by Crippen LogP contribution is -2.46. The van der Waals surface area contributed by atoms with E-state index in [-0.39, 0.29) is 0 Å². The van der Waals surface area contributed by atoms with Gasteiger partial charge in [0.2, 0.25) is 0 Å². The molecule has 0 aromatic heterocycles. The summed E-state index contributed by atoms with van der Waals surface area (Å²) in [5, 5.41) is 0. The van der Waals surface area contributed by atoms with Crippen molar-refractivity contribution >= 4 is 11.4 Å². The molecule has 0 unspecified atom stereocenters. The van der Waals surface area contributed by atoms with Crippen LogP contribution in [-0.4, -0.2) is 26.2 Å². The molecular formula is C17H17F3N2. The van der Waals surface area contributed by atoms with Gasteiger partial charge in [-0.25, -0.2) is 0 Å². The van der Waals surface area contributed by atoms with Gasteiger partial charge in [0.15, 0.2) is 0 Å². The Labute approximate surface area is 127 Å². The van der Waals surface area contributed by atoms with E-state index >= 15 is 0 Å². The monoisotopic (exact) mass is 306 g/mol. The first kappa shape index (κ1) is 14.8. The van der Waals surface area contributed by atoms with Gasteiger partial charge >= 0.3 is 6.18 Å². The molecule has 2 nitrogen and oxygen atoms in total. The summed E-state index contributed by atoms with van der Waals surface area (Å²) in [6.07, 6.45) is -4.29. The van der Waals surface area contributed by atoms with Gasteiger partial charge in [0.1, 0.15) is 0 Å². The maximum atomic E-state index is 12.8. The highest BCUT2D eigenvalue weighted by Crippen LogP contribution is 2.32. The highest BCUT2D eigenvalue weighted by atomic mass is 19.4. The Hall–Kier alpha value is -2.17. The lowest BCUT2D eigenvalue weighted by Gasteiger charge is -2.37. The third kappa shape index (κ3) is 3.18. The minimum absolute atomic E-state index is 0.588. The van der Waals surface area contributed by atoms with Crippen LogP contribution in [-0.2, 0) is 6.18 Å². The Kier molecular flexibility index (Phi) is 3.96. The first-order chi connectivity index (χ1) is 10.5. The Morgan fingerprint density at radius 3 is 1.82 bits per heavy atom. The zero-order valence-corrected chi connectivity index (χ0v) is 12.1. The van der Waals surface area contributed by atoms with Crippen molar-refractivity contribution in [2.75, 3.05) is 36.0 Å². The molecule has 5 heteroatoms. The normalized spacial score (nSPS) is 16.0. The molecule has 0 atom stereocenters. The average molecular weight is 306 g/mol. The van der Waals surface area contributed by atoms with Crippen molar-refractivity contribution in [2.24, 2.45) is 0 Å². The molecule has 0 radical (unpaired) electrons. The molecule has 1 saturated heterocycles.